The highest BCUT2D eigenvalue weighted by atomic mass is 32.2. The molecule has 2 aromatic carbocycles. The minimum absolute atomic E-state index is 0.0496. The molecule has 3 atom stereocenters. The maximum atomic E-state index is 13.2. The molecule has 4 rings (SSSR count). The van der Waals surface area contributed by atoms with E-state index in [-0.39, 0.29) is 34.7 Å². The van der Waals surface area contributed by atoms with Crippen LogP contribution in [0.3, 0.4) is 0 Å². The zero-order chi connectivity index (χ0) is 23.4. The second kappa shape index (κ2) is 10.5. The van der Waals surface area contributed by atoms with Gasteiger partial charge in [0.2, 0.25) is 5.91 Å². The van der Waals surface area contributed by atoms with Crippen LogP contribution in [0.5, 0.6) is 5.75 Å². The summed E-state index contributed by atoms with van der Waals surface area (Å²) in [6, 6.07) is 16.0. The molecule has 0 aliphatic carbocycles. The number of thioether (sulfide) groups is 1. The predicted molar refractivity (Wildman–Crippen MR) is 132 cm³/mol. The molecular formula is C25H32N2O4S2. The van der Waals surface area contributed by atoms with Gasteiger partial charge in [0.25, 0.3) is 0 Å². The number of amides is 1. The number of methoxy groups -OCH3 is 1. The number of carbonyl (C=O) groups is 1. The predicted octanol–water partition coefficient (Wildman–Crippen LogP) is 3.30. The summed E-state index contributed by atoms with van der Waals surface area (Å²) in [5.41, 5.74) is 2.48. The average molecular weight is 489 g/mol. The number of carbonyl (C=O) groups excluding carboxylic acids is 1. The summed E-state index contributed by atoms with van der Waals surface area (Å²) in [7, 11) is -1.38. The van der Waals surface area contributed by atoms with E-state index in [0.29, 0.717) is 13.0 Å². The first-order valence-electron chi connectivity index (χ1n) is 11.5. The van der Waals surface area contributed by atoms with Crippen molar-refractivity contribution in [2.75, 3.05) is 25.2 Å². The van der Waals surface area contributed by atoms with Crippen molar-refractivity contribution in [3.63, 3.8) is 0 Å². The van der Waals surface area contributed by atoms with Crippen molar-refractivity contribution in [1.29, 1.82) is 0 Å². The molecule has 2 saturated heterocycles. The van der Waals surface area contributed by atoms with Crippen LogP contribution in [0.2, 0.25) is 0 Å². The first-order valence-corrected chi connectivity index (χ1v) is 14.2. The highest BCUT2D eigenvalue weighted by molar-refractivity contribution is 8.00. The number of nitrogens with zero attached hydrogens (tertiary/aromatic N) is 1. The molecule has 2 aliphatic heterocycles. The van der Waals surface area contributed by atoms with Gasteiger partial charge in [-0.25, -0.2) is 8.42 Å². The second-order valence-corrected chi connectivity index (χ2v) is 12.5. The van der Waals surface area contributed by atoms with Crippen LogP contribution in [0, 0.1) is 0 Å². The topological polar surface area (TPSA) is 75.7 Å². The Morgan fingerprint density at radius 3 is 2.42 bits per heavy atom. The van der Waals surface area contributed by atoms with Crippen molar-refractivity contribution in [2.45, 2.75) is 55.0 Å². The molecule has 0 unspecified atom stereocenters. The number of rotatable bonds is 8. The molecule has 1 amide bonds. The summed E-state index contributed by atoms with van der Waals surface area (Å²) in [5.74, 6) is 0.979. The Kier molecular flexibility index (Phi) is 7.66. The van der Waals surface area contributed by atoms with E-state index in [1.807, 2.05) is 24.3 Å². The van der Waals surface area contributed by atoms with Crippen LogP contribution in [-0.2, 0) is 27.6 Å². The van der Waals surface area contributed by atoms with E-state index in [1.165, 1.54) is 11.1 Å². The summed E-state index contributed by atoms with van der Waals surface area (Å²) >= 11 is 1.78. The first-order chi connectivity index (χ1) is 15.8. The zero-order valence-electron chi connectivity index (χ0n) is 19.2. The summed E-state index contributed by atoms with van der Waals surface area (Å²) in [6.07, 6.45) is 2.23. The zero-order valence-corrected chi connectivity index (χ0v) is 20.8. The Morgan fingerprint density at radius 2 is 1.82 bits per heavy atom. The molecule has 0 saturated carbocycles. The third-order valence-electron chi connectivity index (χ3n) is 6.43. The van der Waals surface area contributed by atoms with Gasteiger partial charge in [-0.3, -0.25) is 9.69 Å². The number of ether oxygens (including phenoxy) is 1. The van der Waals surface area contributed by atoms with Crippen molar-refractivity contribution in [3.8, 4) is 5.75 Å². The van der Waals surface area contributed by atoms with Crippen LogP contribution in [-0.4, -0.2) is 61.7 Å². The minimum Gasteiger partial charge on any atom is -0.497 e. The van der Waals surface area contributed by atoms with Gasteiger partial charge in [0, 0.05) is 29.3 Å². The summed E-state index contributed by atoms with van der Waals surface area (Å²) in [6.45, 7) is 3.64. The fourth-order valence-electron chi connectivity index (χ4n) is 4.56. The number of nitrogens with one attached hydrogen (secondary N) is 1. The second-order valence-electron chi connectivity index (χ2n) is 8.87. The van der Waals surface area contributed by atoms with Gasteiger partial charge >= 0.3 is 0 Å². The average Bonchev–Trinajstić information content (AvgIpc) is 3.36. The SMILES string of the molecule is CCc1ccc(CN2C[C@H](Sc3ccc(OC)cc3)C[C@H]2C(=O)N[C@@H]2CCS(=O)(=O)C2)cc1. The normalized spacial score (nSPS) is 24.6. The first kappa shape index (κ1) is 24.1. The van der Waals surface area contributed by atoms with Gasteiger partial charge in [-0.05, 0) is 54.7 Å². The minimum atomic E-state index is -3.03. The van der Waals surface area contributed by atoms with Crippen molar-refractivity contribution >= 4 is 27.5 Å². The Bertz CT molecular complexity index is 1050. The molecule has 2 aromatic rings. The molecule has 0 aromatic heterocycles. The summed E-state index contributed by atoms with van der Waals surface area (Å²) < 4.78 is 28.9. The lowest BCUT2D eigenvalue weighted by molar-refractivity contribution is -0.126. The molecule has 1 N–H and O–H groups in total. The van der Waals surface area contributed by atoms with Crippen LogP contribution in [0.25, 0.3) is 0 Å². The van der Waals surface area contributed by atoms with Crippen molar-refractivity contribution in [2.24, 2.45) is 0 Å². The highest BCUT2D eigenvalue weighted by Gasteiger charge is 2.39. The lowest BCUT2D eigenvalue weighted by Gasteiger charge is -2.25. The molecule has 0 radical (unpaired) electrons. The fourth-order valence-corrected chi connectivity index (χ4v) is 7.46. The maximum Gasteiger partial charge on any atom is 0.237 e. The van der Waals surface area contributed by atoms with Gasteiger partial charge in [-0.2, -0.15) is 0 Å². The third-order valence-corrected chi connectivity index (χ3v) is 9.41. The fraction of sp³-hybridized carbons (Fsp3) is 0.480. The number of hydrogen-bond acceptors (Lipinski definition) is 6. The standard InChI is InChI=1S/C25H32N2O4S2/c1-3-18-4-6-19(7-5-18)15-27-16-23(32-22-10-8-21(31-2)9-11-22)14-24(27)25(28)26-20-12-13-33(29,30)17-20/h4-11,20,23-24H,3,12-17H2,1-2H3,(H,26,28)/t20-,23-,24+/m1/s1. The van der Waals surface area contributed by atoms with Gasteiger partial charge in [-0.1, -0.05) is 31.2 Å². The van der Waals surface area contributed by atoms with E-state index in [1.54, 1.807) is 18.9 Å². The largest absolute Gasteiger partial charge is 0.497 e. The van der Waals surface area contributed by atoms with Crippen LogP contribution in [0.15, 0.2) is 53.4 Å². The quantitative estimate of drug-likeness (QED) is 0.615. The molecule has 2 heterocycles. The monoisotopic (exact) mass is 488 g/mol. The molecule has 0 spiro atoms. The molecule has 6 nitrogen and oxygen atoms in total. The number of sulfone groups is 1. The highest BCUT2D eigenvalue weighted by Crippen LogP contribution is 2.34. The Morgan fingerprint density at radius 1 is 1.12 bits per heavy atom. The van der Waals surface area contributed by atoms with Crippen molar-refractivity contribution in [1.82, 2.24) is 10.2 Å². The summed E-state index contributed by atoms with van der Waals surface area (Å²) in [5, 5.41) is 3.30. The third kappa shape index (κ3) is 6.31. The Hall–Kier alpha value is -2.03. The number of hydrogen-bond donors (Lipinski definition) is 1. The molecular weight excluding hydrogens is 456 g/mol. The molecule has 8 heteroatoms. The van der Waals surface area contributed by atoms with Gasteiger partial charge in [0.15, 0.2) is 9.84 Å². The van der Waals surface area contributed by atoms with Gasteiger partial charge < -0.3 is 10.1 Å². The van der Waals surface area contributed by atoms with E-state index < -0.39 is 9.84 Å². The van der Waals surface area contributed by atoms with Gasteiger partial charge in [0.1, 0.15) is 5.75 Å². The van der Waals surface area contributed by atoms with Crippen LogP contribution >= 0.6 is 11.8 Å². The van der Waals surface area contributed by atoms with E-state index in [4.69, 9.17) is 4.74 Å². The van der Waals surface area contributed by atoms with Crippen molar-refractivity contribution in [3.05, 3.63) is 59.7 Å². The van der Waals surface area contributed by atoms with E-state index in [2.05, 4.69) is 41.4 Å². The van der Waals surface area contributed by atoms with Gasteiger partial charge in [0.05, 0.1) is 24.7 Å². The van der Waals surface area contributed by atoms with Crippen LogP contribution in [0.4, 0.5) is 0 Å². The van der Waals surface area contributed by atoms with E-state index >= 15 is 0 Å². The molecule has 2 aliphatic rings. The van der Waals surface area contributed by atoms with Crippen molar-refractivity contribution < 1.29 is 17.9 Å². The lowest BCUT2D eigenvalue weighted by atomic mass is 10.1. The summed E-state index contributed by atoms with van der Waals surface area (Å²) in [4.78, 5) is 16.6. The van der Waals surface area contributed by atoms with Crippen LogP contribution in [0.1, 0.15) is 30.9 Å². The molecule has 33 heavy (non-hydrogen) atoms. The maximum absolute atomic E-state index is 13.2. The lowest BCUT2D eigenvalue weighted by Crippen LogP contribution is -2.47. The molecule has 178 valence electrons. The smallest absolute Gasteiger partial charge is 0.237 e. The number of likely N-dealkylation sites (tertiary alicyclic amines) is 1. The number of benzene rings is 2. The van der Waals surface area contributed by atoms with E-state index in [0.717, 1.165) is 30.0 Å². The molecule has 2 fully saturated rings. The van der Waals surface area contributed by atoms with E-state index in [9.17, 15) is 13.2 Å². The number of aryl methyl sites for hydroxylation is 1. The van der Waals surface area contributed by atoms with Gasteiger partial charge in [-0.15, -0.1) is 11.8 Å². The Balaban J connectivity index is 1.46. The van der Waals surface area contributed by atoms with Crippen LogP contribution < -0.4 is 10.1 Å². The molecule has 0 bridgehead atoms. The Labute approximate surface area is 201 Å².